The average molecular weight is 253 g/mol. The van der Waals surface area contributed by atoms with Gasteiger partial charge in [0.25, 0.3) is 5.91 Å². The fourth-order valence-electron chi connectivity index (χ4n) is 1.99. The predicted molar refractivity (Wildman–Crippen MR) is 69.2 cm³/mol. The van der Waals surface area contributed by atoms with Crippen LogP contribution in [0.4, 0.5) is 0 Å². The Bertz CT molecular complexity index is 387. The van der Waals surface area contributed by atoms with Gasteiger partial charge in [-0.3, -0.25) is 4.79 Å². The molecule has 94 valence electrons. The van der Waals surface area contributed by atoms with Gasteiger partial charge >= 0.3 is 0 Å². The molecule has 2 rings (SSSR count). The molecule has 1 heterocycles. The number of amides is 1. The summed E-state index contributed by atoms with van der Waals surface area (Å²) in [6, 6.07) is 0. The zero-order valence-electron chi connectivity index (χ0n) is 10.2. The largest absolute Gasteiger partial charge is 0.340 e. The van der Waals surface area contributed by atoms with Gasteiger partial charge in [0.05, 0.1) is 5.01 Å². The molecular formula is C12H19N3OS. The molecule has 2 N–H and O–H groups in total. The van der Waals surface area contributed by atoms with Crippen LogP contribution in [-0.2, 0) is 6.42 Å². The molecule has 1 amide bonds. The van der Waals surface area contributed by atoms with E-state index in [-0.39, 0.29) is 5.91 Å². The number of hydrogen-bond donors (Lipinski definition) is 1. The maximum atomic E-state index is 12.1. The maximum absolute atomic E-state index is 12.1. The molecule has 1 aromatic rings. The summed E-state index contributed by atoms with van der Waals surface area (Å²) >= 11 is 1.52. The third-order valence-corrected chi connectivity index (χ3v) is 4.14. The van der Waals surface area contributed by atoms with Crippen molar-refractivity contribution in [3.63, 3.8) is 0 Å². The number of aromatic nitrogens is 1. The molecule has 1 aliphatic rings. The van der Waals surface area contributed by atoms with E-state index in [1.54, 1.807) is 4.90 Å². The maximum Gasteiger partial charge on any atom is 0.273 e. The first-order valence-corrected chi connectivity index (χ1v) is 6.98. The van der Waals surface area contributed by atoms with Gasteiger partial charge in [-0.25, -0.2) is 4.98 Å². The summed E-state index contributed by atoms with van der Waals surface area (Å²) in [6.07, 6.45) is 4.58. The number of carbonyl (C=O) groups excluding carboxylic acids is 1. The van der Waals surface area contributed by atoms with E-state index in [4.69, 9.17) is 5.73 Å². The second kappa shape index (κ2) is 5.60. The van der Waals surface area contributed by atoms with Crippen LogP contribution in [0.3, 0.4) is 0 Å². The molecule has 0 bridgehead atoms. The second-order valence-corrected chi connectivity index (χ2v) is 5.59. The SMILES string of the molecule is CN(CC1CCC1)C(=O)c1csc(CCN)n1. The van der Waals surface area contributed by atoms with Gasteiger partial charge in [0.1, 0.15) is 5.69 Å². The van der Waals surface area contributed by atoms with Crippen LogP contribution in [0.2, 0.25) is 0 Å². The van der Waals surface area contributed by atoms with Crippen molar-refractivity contribution in [3.8, 4) is 0 Å². The summed E-state index contributed by atoms with van der Waals surface area (Å²) < 4.78 is 0. The lowest BCUT2D eigenvalue weighted by Crippen LogP contribution is -2.34. The van der Waals surface area contributed by atoms with E-state index < -0.39 is 0 Å². The van der Waals surface area contributed by atoms with Crippen molar-refractivity contribution < 1.29 is 4.79 Å². The molecule has 1 fully saturated rings. The van der Waals surface area contributed by atoms with Crippen molar-refractivity contribution >= 4 is 17.2 Å². The van der Waals surface area contributed by atoms with Gasteiger partial charge in [0, 0.05) is 25.4 Å². The van der Waals surface area contributed by atoms with Crippen LogP contribution >= 0.6 is 11.3 Å². The minimum atomic E-state index is 0.0384. The van der Waals surface area contributed by atoms with Gasteiger partial charge in [-0.1, -0.05) is 6.42 Å². The quantitative estimate of drug-likeness (QED) is 0.865. The van der Waals surface area contributed by atoms with Crippen LogP contribution in [0.15, 0.2) is 5.38 Å². The average Bonchev–Trinajstić information content (AvgIpc) is 2.71. The van der Waals surface area contributed by atoms with Crippen molar-refractivity contribution in [2.24, 2.45) is 11.7 Å². The highest BCUT2D eigenvalue weighted by Gasteiger charge is 2.23. The Morgan fingerprint density at radius 3 is 3.00 bits per heavy atom. The van der Waals surface area contributed by atoms with Crippen molar-refractivity contribution in [2.75, 3.05) is 20.1 Å². The molecule has 0 radical (unpaired) electrons. The third kappa shape index (κ3) is 3.04. The smallest absolute Gasteiger partial charge is 0.273 e. The molecule has 0 aliphatic heterocycles. The molecule has 4 nitrogen and oxygen atoms in total. The van der Waals surface area contributed by atoms with E-state index in [0.29, 0.717) is 18.2 Å². The summed E-state index contributed by atoms with van der Waals surface area (Å²) in [5, 5.41) is 2.79. The normalized spacial score (nSPS) is 15.6. The van der Waals surface area contributed by atoms with Crippen LogP contribution in [0.5, 0.6) is 0 Å². The summed E-state index contributed by atoms with van der Waals surface area (Å²) in [5.74, 6) is 0.738. The van der Waals surface area contributed by atoms with Crippen LogP contribution in [0.25, 0.3) is 0 Å². The fourth-order valence-corrected chi connectivity index (χ4v) is 2.78. The van der Waals surface area contributed by atoms with E-state index in [0.717, 1.165) is 18.0 Å². The summed E-state index contributed by atoms with van der Waals surface area (Å²) in [5.41, 5.74) is 6.04. The minimum Gasteiger partial charge on any atom is -0.340 e. The van der Waals surface area contributed by atoms with Crippen molar-refractivity contribution in [3.05, 3.63) is 16.1 Å². The van der Waals surface area contributed by atoms with Crippen LogP contribution in [-0.4, -0.2) is 35.9 Å². The number of nitrogens with two attached hydrogens (primary N) is 1. The van der Waals surface area contributed by atoms with Gasteiger partial charge in [-0.05, 0) is 25.3 Å². The Morgan fingerprint density at radius 2 is 2.41 bits per heavy atom. The number of carbonyl (C=O) groups is 1. The lowest BCUT2D eigenvalue weighted by molar-refractivity contribution is 0.0740. The number of hydrogen-bond acceptors (Lipinski definition) is 4. The fraction of sp³-hybridized carbons (Fsp3) is 0.667. The van der Waals surface area contributed by atoms with E-state index >= 15 is 0 Å². The molecule has 1 aromatic heterocycles. The zero-order valence-corrected chi connectivity index (χ0v) is 11.0. The zero-order chi connectivity index (χ0) is 12.3. The van der Waals surface area contributed by atoms with Gasteiger partial charge < -0.3 is 10.6 Å². The van der Waals surface area contributed by atoms with Crippen molar-refractivity contribution in [2.45, 2.75) is 25.7 Å². The highest BCUT2D eigenvalue weighted by molar-refractivity contribution is 7.09. The van der Waals surface area contributed by atoms with E-state index in [1.807, 2.05) is 12.4 Å². The summed E-state index contributed by atoms with van der Waals surface area (Å²) in [4.78, 5) is 18.2. The lowest BCUT2D eigenvalue weighted by Gasteiger charge is -2.29. The second-order valence-electron chi connectivity index (χ2n) is 4.65. The first-order valence-electron chi connectivity index (χ1n) is 6.10. The Labute approximate surface area is 106 Å². The molecule has 5 heteroatoms. The predicted octanol–water partition coefficient (Wildman–Crippen LogP) is 1.52. The van der Waals surface area contributed by atoms with Gasteiger partial charge in [0.15, 0.2) is 0 Å². The summed E-state index contributed by atoms with van der Waals surface area (Å²) in [6.45, 7) is 1.45. The van der Waals surface area contributed by atoms with Crippen LogP contribution < -0.4 is 5.73 Å². The molecule has 0 aromatic carbocycles. The Morgan fingerprint density at radius 1 is 1.65 bits per heavy atom. The van der Waals surface area contributed by atoms with Gasteiger partial charge in [0.2, 0.25) is 0 Å². The minimum absolute atomic E-state index is 0.0384. The monoisotopic (exact) mass is 253 g/mol. The standard InChI is InChI=1S/C12H19N3OS/c1-15(7-9-3-2-4-9)12(16)10-8-17-11(14-10)5-6-13/h8-9H,2-7,13H2,1H3. The first-order chi connectivity index (χ1) is 8.20. The Hall–Kier alpha value is -0.940. The molecule has 17 heavy (non-hydrogen) atoms. The highest BCUT2D eigenvalue weighted by Crippen LogP contribution is 2.27. The third-order valence-electron chi connectivity index (χ3n) is 3.23. The Balaban J connectivity index is 1.92. The number of nitrogens with zero attached hydrogens (tertiary/aromatic N) is 2. The van der Waals surface area contributed by atoms with E-state index in [1.165, 1.54) is 30.6 Å². The molecule has 0 unspecified atom stereocenters. The number of thiazole rings is 1. The molecule has 1 aliphatic carbocycles. The molecule has 1 saturated carbocycles. The van der Waals surface area contributed by atoms with Gasteiger partial charge in [-0.15, -0.1) is 11.3 Å². The summed E-state index contributed by atoms with van der Waals surface area (Å²) in [7, 11) is 1.86. The van der Waals surface area contributed by atoms with E-state index in [2.05, 4.69) is 4.98 Å². The van der Waals surface area contributed by atoms with Crippen LogP contribution in [0, 0.1) is 5.92 Å². The first kappa shape index (κ1) is 12.5. The molecular weight excluding hydrogens is 234 g/mol. The van der Waals surface area contributed by atoms with Crippen molar-refractivity contribution in [1.82, 2.24) is 9.88 Å². The lowest BCUT2D eigenvalue weighted by atomic mass is 9.85. The van der Waals surface area contributed by atoms with E-state index in [9.17, 15) is 4.79 Å². The topological polar surface area (TPSA) is 59.2 Å². The number of rotatable bonds is 5. The highest BCUT2D eigenvalue weighted by atomic mass is 32.1. The molecule has 0 atom stereocenters. The molecule has 0 spiro atoms. The van der Waals surface area contributed by atoms with Crippen LogP contribution in [0.1, 0.15) is 34.8 Å². The molecule has 0 saturated heterocycles. The van der Waals surface area contributed by atoms with Gasteiger partial charge in [-0.2, -0.15) is 0 Å². The van der Waals surface area contributed by atoms with Crippen molar-refractivity contribution in [1.29, 1.82) is 0 Å². The Kier molecular flexibility index (Phi) is 4.12.